The maximum Gasteiger partial charge on any atom is 0.0747 e. The molecule has 0 radical (unpaired) electrons. The van der Waals surface area contributed by atoms with Gasteiger partial charge in [0.25, 0.3) is 0 Å². The van der Waals surface area contributed by atoms with Gasteiger partial charge >= 0.3 is 0 Å². The van der Waals surface area contributed by atoms with Gasteiger partial charge in [-0.05, 0) is 49.3 Å². The predicted octanol–water partition coefficient (Wildman–Crippen LogP) is 5.79. The van der Waals surface area contributed by atoms with Crippen LogP contribution in [-0.4, -0.2) is 4.98 Å². The Hall–Kier alpha value is -2.15. The third kappa shape index (κ3) is 2.04. The van der Waals surface area contributed by atoms with Crippen molar-refractivity contribution in [2.75, 3.05) is 0 Å². The molecule has 1 aromatic heterocycles. The second-order valence-corrected chi connectivity index (χ2v) is 6.45. The van der Waals surface area contributed by atoms with E-state index < -0.39 is 0 Å². The first-order valence-electron chi connectivity index (χ1n) is 8.21. The summed E-state index contributed by atoms with van der Waals surface area (Å²) in [6, 6.07) is 17.3. The fraction of sp³-hybridized carbons (Fsp3) is 0.286. The van der Waals surface area contributed by atoms with E-state index in [1.54, 1.807) is 0 Å². The highest BCUT2D eigenvalue weighted by atomic mass is 14.7. The van der Waals surface area contributed by atoms with Crippen molar-refractivity contribution in [3.05, 3.63) is 65.2 Å². The van der Waals surface area contributed by atoms with E-state index in [0.717, 1.165) is 5.69 Å². The summed E-state index contributed by atoms with van der Waals surface area (Å²) >= 11 is 0. The number of aryl methyl sites for hydroxylation is 1. The van der Waals surface area contributed by atoms with Crippen LogP contribution < -0.4 is 0 Å². The molecule has 1 saturated carbocycles. The minimum absolute atomic E-state index is 0.710. The fourth-order valence-corrected chi connectivity index (χ4v) is 3.49. The van der Waals surface area contributed by atoms with Crippen LogP contribution >= 0.6 is 0 Å². The third-order valence-corrected chi connectivity index (χ3v) is 5.20. The van der Waals surface area contributed by atoms with Crippen LogP contribution in [0.5, 0.6) is 0 Å². The molecule has 1 aliphatic carbocycles. The van der Waals surface area contributed by atoms with Gasteiger partial charge in [-0.15, -0.1) is 0 Å². The van der Waals surface area contributed by atoms with E-state index in [1.807, 2.05) is 0 Å². The van der Waals surface area contributed by atoms with E-state index in [2.05, 4.69) is 62.4 Å². The first-order valence-corrected chi connectivity index (χ1v) is 8.21. The summed E-state index contributed by atoms with van der Waals surface area (Å²) in [5.41, 5.74) is 7.68. The Balaban J connectivity index is 2.00. The summed E-state index contributed by atoms with van der Waals surface area (Å²) in [5.74, 6) is 0.710. The molecule has 0 aliphatic heterocycles. The molecule has 2 aromatic carbocycles. The summed E-state index contributed by atoms with van der Waals surface area (Å²) in [5, 5.41) is 1.32. The molecular weight excluding hydrogens is 266 g/mol. The quantitative estimate of drug-likeness (QED) is 0.581. The maximum absolute atomic E-state index is 5.11. The Morgan fingerprint density at radius 3 is 2.32 bits per heavy atom. The summed E-state index contributed by atoms with van der Waals surface area (Å²) in [7, 11) is 0. The van der Waals surface area contributed by atoms with Gasteiger partial charge in [0.2, 0.25) is 0 Å². The van der Waals surface area contributed by atoms with Gasteiger partial charge < -0.3 is 0 Å². The fourth-order valence-electron chi connectivity index (χ4n) is 3.49. The van der Waals surface area contributed by atoms with E-state index >= 15 is 0 Å². The van der Waals surface area contributed by atoms with Crippen molar-refractivity contribution in [3.8, 4) is 11.3 Å². The molecule has 1 heteroatoms. The van der Waals surface area contributed by atoms with Crippen LogP contribution in [0, 0.1) is 13.8 Å². The second kappa shape index (κ2) is 5.24. The van der Waals surface area contributed by atoms with Gasteiger partial charge in [0.1, 0.15) is 0 Å². The van der Waals surface area contributed by atoms with Gasteiger partial charge in [0.15, 0.2) is 0 Å². The van der Waals surface area contributed by atoms with Crippen LogP contribution in [0.3, 0.4) is 0 Å². The van der Waals surface area contributed by atoms with E-state index in [0.29, 0.717) is 5.92 Å². The zero-order valence-corrected chi connectivity index (χ0v) is 13.3. The molecular formula is C21H21N. The summed E-state index contributed by atoms with van der Waals surface area (Å²) < 4.78 is 0. The number of nitrogens with zero attached hydrogens (tertiary/aromatic N) is 1. The van der Waals surface area contributed by atoms with Gasteiger partial charge in [-0.1, -0.05) is 55.0 Å². The van der Waals surface area contributed by atoms with Crippen molar-refractivity contribution in [1.29, 1.82) is 0 Å². The molecule has 1 aliphatic rings. The molecule has 1 nitrogen and oxygen atoms in total. The SMILES string of the molecule is Cc1c(-c2ccccc2)nc2c(C3CCC3)cccc2c1C. The maximum atomic E-state index is 5.11. The molecule has 0 amide bonds. The molecule has 4 rings (SSSR count). The summed E-state index contributed by atoms with van der Waals surface area (Å²) in [4.78, 5) is 5.11. The summed E-state index contributed by atoms with van der Waals surface area (Å²) in [6.45, 7) is 4.43. The van der Waals surface area contributed by atoms with Gasteiger partial charge in [0, 0.05) is 10.9 Å². The van der Waals surface area contributed by atoms with Crippen LogP contribution in [0.15, 0.2) is 48.5 Å². The smallest absolute Gasteiger partial charge is 0.0747 e. The highest BCUT2D eigenvalue weighted by Crippen LogP contribution is 2.40. The Kier molecular flexibility index (Phi) is 3.22. The van der Waals surface area contributed by atoms with Crippen molar-refractivity contribution >= 4 is 10.9 Å². The molecule has 0 saturated heterocycles. The number of aromatic nitrogens is 1. The zero-order valence-electron chi connectivity index (χ0n) is 13.3. The molecule has 110 valence electrons. The number of pyridine rings is 1. The van der Waals surface area contributed by atoms with Crippen molar-refractivity contribution < 1.29 is 0 Å². The van der Waals surface area contributed by atoms with E-state index in [1.165, 1.54) is 52.4 Å². The van der Waals surface area contributed by atoms with Crippen LogP contribution in [-0.2, 0) is 0 Å². The van der Waals surface area contributed by atoms with E-state index in [4.69, 9.17) is 4.98 Å². The van der Waals surface area contributed by atoms with Gasteiger partial charge in [-0.2, -0.15) is 0 Å². The Labute approximate surface area is 132 Å². The van der Waals surface area contributed by atoms with Crippen molar-refractivity contribution in [2.24, 2.45) is 0 Å². The normalized spacial score (nSPS) is 15.0. The molecule has 1 fully saturated rings. The minimum Gasteiger partial charge on any atom is -0.247 e. The predicted molar refractivity (Wildman–Crippen MR) is 93.2 cm³/mol. The minimum atomic E-state index is 0.710. The lowest BCUT2D eigenvalue weighted by Crippen LogP contribution is -2.10. The largest absolute Gasteiger partial charge is 0.247 e. The molecule has 1 heterocycles. The van der Waals surface area contributed by atoms with Crippen molar-refractivity contribution in [1.82, 2.24) is 4.98 Å². The van der Waals surface area contributed by atoms with Crippen LogP contribution in [0.25, 0.3) is 22.2 Å². The molecule has 22 heavy (non-hydrogen) atoms. The van der Waals surface area contributed by atoms with Crippen molar-refractivity contribution in [2.45, 2.75) is 39.0 Å². The second-order valence-electron chi connectivity index (χ2n) is 6.45. The highest BCUT2D eigenvalue weighted by molar-refractivity contribution is 5.89. The topological polar surface area (TPSA) is 12.9 Å². The van der Waals surface area contributed by atoms with Crippen molar-refractivity contribution in [3.63, 3.8) is 0 Å². The lowest BCUT2D eigenvalue weighted by molar-refractivity contribution is 0.422. The van der Waals surface area contributed by atoms with Crippen LogP contribution in [0.4, 0.5) is 0 Å². The Morgan fingerprint density at radius 2 is 1.64 bits per heavy atom. The summed E-state index contributed by atoms with van der Waals surface area (Å²) in [6.07, 6.45) is 3.99. The Morgan fingerprint density at radius 1 is 0.864 bits per heavy atom. The van der Waals surface area contributed by atoms with E-state index in [9.17, 15) is 0 Å². The van der Waals surface area contributed by atoms with Crippen LogP contribution in [0.2, 0.25) is 0 Å². The number of para-hydroxylation sites is 1. The lowest BCUT2D eigenvalue weighted by atomic mass is 9.79. The highest BCUT2D eigenvalue weighted by Gasteiger charge is 2.23. The van der Waals surface area contributed by atoms with Crippen LogP contribution in [0.1, 0.15) is 41.9 Å². The number of rotatable bonds is 2. The molecule has 0 atom stereocenters. The monoisotopic (exact) mass is 287 g/mol. The standard InChI is InChI=1S/C21H21N/c1-14-15(2)20(17-8-4-3-5-9-17)22-21-18(14)12-7-13-19(21)16-10-6-11-16/h3-5,7-9,12-13,16H,6,10-11H2,1-2H3. The molecule has 0 N–H and O–H groups in total. The third-order valence-electron chi connectivity index (χ3n) is 5.20. The number of fused-ring (bicyclic) bond motifs is 1. The average molecular weight is 287 g/mol. The number of hydrogen-bond acceptors (Lipinski definition) is 1. The van der Waals surface area contributed by atoms with E-state index in [-0.39, 0.29) is 0 Å². The molecule has 0 unspecified atom stereocenters. The zero-order chi connectivity index (χ0) is 15.1. The van der Waals surface area contributed by atoms with Gasteiger partial charge in [-0.25, -0.2) is 4.98 Å². The average Bonchev–Trinajstić information content (AvgIpc) is 2.50. The first-order chi connectivity index (χ1) is 10.8. The first kappa shape index (κ1) is 13.5. The number of hydrogen-bond donors (Lipinski definition) is 0. The van der Waals surface area contributed by atoms with Gasteiger partial charge in [-0.3, -0.25) is 0 Å². The molecule has 3 aromatic rings. The Bertz CT molecular complexity index is 829. The molecule has 0 bridgehead atoms. The van der Waals surface area contributed by atoms with Gasteiger partial charge in [0.05, 0.1) is 11.2 Å². The molecule has 0 spiro atoms. The lowest BCUT2D eigenvalue weighted by Gasteiger charge is -2.27. The number of benzene rings is 2.